The number of hydrogen-bond donors (Lipinski definition) is 1. The summed E-state index contributed by atoms with van der Waals surface area (Å²) in [5, 5.41) is 13.2. The zero-order valence-electron chi connectivity index (χ0n) is 11.3. The summed E-state index contributed by atoms with van der Waals surface area (Å²) in [7, 11) is 0. The highest BCUT2D eigenvalue weighted by atomic mass is 16.5. The Labute approximate surface area is 116 Å². The fourth-order valence-corrected chi connectivity index (χ4v) is 1.79. The summed E-state index contributed by atoms with van der Waals surface area (Å²) in [6.45, 7) is 3.86. The number of ether oxygens (including phenoxy) is 1. The smallest absolute Gasteiger partial charge is 0.361 e. The lowest BCUT2D eigenvalue weighted by molar-refractivity contribution is 0.0520. The van der Waals surface area contributed by atoms with Crippen molar-refractivity contribution in [1.29, 1.82) is 5.26 Å². The van der Waals surface area contributed by atoms with E-state index in [-0.39, 0.29) is 18.0 Å². The molecule has 0 spiro atoms. The van der Waals surface area contributed by atoms with Crippen LogP contribution in [0.15, 0.2) is 24.4 Å². The maximum Gasteiger partial charge on any atom is 0.361 e. The molecule has 0 amide bonds. The minimum Gasteiger partial charge on any atom is -0.461 e. The van der Waals surface area contributed by atoms with Gasteiger partial charge in [0.05, 0.1) is 29.7 Å². The van der Waals surface area contributed by atoms with Crippen molar-refractivity contribution in [3.63, 3.8) is 0 Å². The van der Waals surface area contributed by atoms with E-state index in [4.69, 9.17) is 15.7 Å². The first-order valence-electron chi connectivity index (χ1n) is 6.10. The van der Waals surface area contributed by atoms with Gasteiger partial charge in [-0.05, 0) is 31.5 Å². The van der Waals surface area contributed by atoms with Gasteiger partial charge < -0.3 is 10.5 Å². The van der Waals surface area contributed by atoms with Crippen LogP contribution in [0.5, 0.6) is 0 Å². The third-order valence-corrected chi connectivity index (χ3v) is 2.73. The first kappa shape index (κ1) is 13.6. The Morgan fingerprint density at radius 3 is 2.95 bits per heavy atom. The topological polar surface area (TPSA) is 93.9 Å². The molecule has 0 aliphatic carbocycles. The minimum absolute atomic E-state index is 0.0530. The summed E-state index contributed by atoms with van der Waals surface area (Å²) >= 11 is 0. The summed E-state index contributed by atoms with van der Waals surface area (Å²) in [6.07, 6.45) is 1.50. The fourth-order valence-electron chi connectivity index (χ4n) is 1.79. The number of aryl methyl sites for hydroxylation is 1. The molecule has 6 heteroatoms. The van der Waals surface area contributed by atoms with Gasteiger partial charge in [-0.15, -0.1) is 0 Å². The molecular formula is C14H14N4O2. The molecule has 2 N–H and O–H groups in total. The monoisotopic (exact) mass is 270 g/mol. The zero-order chi connectivity index (χ0) is 14.7. The minimum atomic E-state index is -0.574. The van der Waals surface area contributed by atoms with Gasteiger partial charge in [0, 0.05) is 0 Å². The van der Waals surface area contributed by atoms with E-state index in [0.717, 1.165) is 5.56 Å². The van der Waals surface area contributed by atoms with E-state index in [1.165, 1.54) is 10.9 Å². The number of rotatable bonds is 3. The van der Waals surface area contributed by atoms with Crippen LogP contribution in [0.2, 0.25) is 0 Å². The molecule has 6 nitrogen and oxygen atoms in total. The number of nitrogens with two attached hydrogens (primary N) is 1. The lowest BCUT2D eigenvalue weighted by atomic mass is 10.1. The van der Waals surface area contributed by atoms with E-state index in [2.05, 4.69) is 11.2 Å². The highest BCUT2D eigenvalue weighted by Crippen LogP contribution is 2.19. The van der Waals surface area contributed by atoms with Crippen LogP contribution in [0.4, 0.5) is 5.69 Å². The molecule has 0 unspecified atom stereocenters. The number of hydrogen-bond acceptors (Lipinski definition) is 5. The van der Waals surface area contributed by atoms with Gasteiger partial charge in [-0.2, -0.15) is 10.4 Å². The van der Waals surface area contributed by atoms with Crippen LogP contribution in [0.3, 0.4) is 0 Å². The standard InChI is InChI=1S/C14H14N4O2/c1-3-20-14(19)13-11(16)8-18(17-13)12-6-9(2)4-5-10(12)7-15/h4-6,8H,3,16H2,1-2H3. The fraction of sp³-hybridized carbons (Fsp3) is 0.214. The number of nitriles is 1. The van der Waals surface area contributed by atoms with Crippen molar-refractivity contribution in [3.05, 3.63) is 41.2 Å². The molecule has 1 aromatic carbocycles. The van der Waals surface area contributed by atoms with Crippen molar-refractivity contribution in [1.82, 2.24) is 9.78 Å². The second-order valence-electron chi connectivity index (χ2n) is 4.23. The molecule has 1 aromatic heterocycles. The van der Waals surface area contributed by atoms with Gasteiger partial charge >= 0.3 is 5.97 Å². The number of benzene rings is 1. The number of nitrogens with zero attached hydrogens (tertiary/aromatic N) is 3. The van der Waals surface area contributed by atoms with E-state index in [0.29, 0.717) is 11.3 Å². The van der Waals surface area contributed by atoms with Crippen molar-refractivity contribution in [2.24, 2.45) is 0 Å². The third-order valence-electron chi connectivity index (χ3n) is 2.73. The van der Waals surface area contributed by atoms with E-state index in [1.54, 1.807) is 19.1 Å². The van der Waals surface area contributed by atoms with Crippen LogP contribution in [-0.4, -0.2) is 22.4 Å². The maximum absolute atomic E-state index is 11.7. The molecule has 0 saturated carbocycles. The van der Waals surface area contributed by atoms with Gasteiger partial charge in [-0.3, -0.25) is 0 Å². The molecule has 20 heavy (non-hydrogen) atoms. The number of aromatic nitrogens is 2. The van der Waals surface area contributed by atoms with Gasteiger partial charge in [-0.1, -0.05) is 6.07 Å². The summed E-state index contributed by atoms with van der Waals surface area (Å²) in [6, 6.07) is 7.43. The molecular weight excluding hydrogens is 256 g/mol. The van der Waals surface area contributed by atoms with Crippen molar-refractivity contribution >= 4 is 11.7 Å². The predicted molar refractivity (Wildman–Crippen MR) is 73.4 cm³/mol. The molecule has 0 saturated heterocycles. The van der Waals surface area contributed by atoms with Crippen molar-refractivity contribution < 1.29 is 9.53 Å². The van der Waals surface area contributed by atoms with Crippen molar-refractivity contribution in [3.8, 4) is 11.8 Å². The molecule has 0 aliphatic heterocycles. The van der Waals surface area contributed by atoms with Gasteiger partial charge in [-0.25, -0.2) is 9.48 Å². The molecule has 0 fully saturated rings. The molecule has 0 radical (unpaired) electrons. The van der Waals surface area contributed by atoms with Crippen molar-refractivity contribution in [2.45, 2.75) is 13.8 Å². The quantitative estimate of drug-likeness (QED) is 0.858. The lowest BCUT2D eigenvalue weighted by Crippen LogP contribution is -2.08. The number of carbonyl (C=O) groups excluding carboxylic acids is 1. The van der Waals surface area contributed by atoms with Crippen LogP contribution in [0, 0.1) is 18.3 Å². The molecule has 2 aromatic rings. The number of nitrogen functional groups attached to an aromatic ring is 1. The second kappa shape index (κ2) is 5.45. The Hall–Kier alpha value is -2.81. The Morgan fingerprint density at radius 1 is 1.55 bits per heavy atom. The SMILES string of the molecule is CCOC(=O)c1nn(-c2cc(C)ccc2C#N)cc1N. The van der Waals surface area contributed by atoms with E-state index < -0.39 is 5.97 Å². The average molecular weight is 270 g/mol. The normalized spacial score (nSPS) is 10.1. The Morgan fingerprint density at radius 2 is 2.30 bits per heavy atom. The first-order valence-corrected chi connectivity index (χ1v) is 6.10. The third kappa shape index (κ3) is 2.47. The molecule has 2 rings (SSSR count). The molecule has 0 aliphatic rings. The first-order chi connectivity index (χ1) is 9.56. The summed E-state index contributed by atoms with van der Waals surface area (Å²) < 4.78 is 6.30. The van der Waals surface area contributed by atoms with Crippen LogP contribution in [0.25, 0.3) is 5.69 Å². The number of esters is 1. The van der Waals surface area contributed by atoms with Crippen LogP contribution in [0.1, 0.15) is 28.5 Å². The number of anilines is 1. The van der Waals surface area contributed by atoms with Gasteiger partial charge in [0.25, 0.3) is 0 Å². The Bertz CT molecular complexity index is 698. The van der Waals surface area contributed by atoms with Gasteiger partial charge in [0.15, 0.2) is 5.69 Å². The van der Waals surface area contributed by atoms with Crippen LogP contribution < -0.4 is 5.73 Å². The van der Waals surface area contributed by atoms with E-state index >= 15 is 0 Å². The average Bonchev–Trinajstić information content (AvgIpc) is 2.81. The zero-order valence-corrected chi connectivity index (χ0v) is 11.3. The number of carbonyl (C=O) groups is 1. The molecule has 0 atom stereocenters. The summed E-state index contributed by atoms with van der Waals surface area (Å²) in [5.41, 5.74) is 8.05. The maximum atomic E-state index is 11.7. The highest BCUT2D eigenvalue weighted by Gasteiger charge is 2.17. The largest absolute Gasteiger partial charge is 0.461 e. The lowest BCUT2D eigenvalue weighted by Gasteiger charge is -2.05. The van der Waals surface area contributed by atoms with E-state index in [9.17, 15) is 4.79 Å². The Kier molecular flexibility index (Phi) is 3.71. The summed E-state index contributed by atoms with van der Waals surface area (Å²) in [5.74, 6) is -0.574. The highest BCUT2D eigenvalue weighted by molar-refractivity contribution is 5.92. The summed E-state index contributed by atoms with van der Waals surface area (Å²) in [4.78, 5) is 11.7. The second-order valence-corrected chi connectivity index (χ2v) is 4.23. The predicted octanol–water partition coefficient (Wildman–Crippen LogP) is 1.81. The van der Waals surface area contributed by atoms with Gasteiger partial charge in [0.1, 0.15) is 6.07 Å². The van der Waals surface area contributed by atoms with Gasteiger partial charge in [0.2, 0.25) is 0 Å². The Balaban J connectivity index is 2.50. The van der Waals surface area contributed by atoms with Crippen molar-refractivity contribution in [2.75, 3.05) is 12.3 Å². The molecule has 102 valence electrons. The molecule has 0 bridgehead atoms. The van der Waals surface area contributed by atoms with E-state index in [1.807, 2.05) is 13.0 Å². The molecule has 1 heterocycles. The van der Waals surface area contributed by atoms with Crippen LogP contribution >= 0.6 is 0 Å². The van der Waals surface area contributed by atoms with Crippen LogP contribution in [-0.2, 0) is 4.74 Å².